The number of carboxylic acids is 1. The SMILES string of the molecule is CC(C)n1nc(C(=O)O)cc1C1CC1(C#N)c1ccc(OC/C(C(=N)c2c(Cl)cccc2Cl)=C(/O)C2CC2)cc1Cl. The second-order valence-corrected chi connectivity index (χ2v) is 11.9. The maximum Gasteiger partial charge on any atom is 0.356 e. The van der Waals surface area contributed by atoms with Gasteiger partial charge in [0.25, 0.3) is 0 Å². The number of rotatable bonds is 10. The van der Waals surface area contributed by atoms with Crippen LogP contribution < -0.4 is 4.74 Å². The molecule has 0 aliphatic heterocycles. The van der Waals surface area contributed by atoms with Crippen LogP contribution in [0.1, 0.15) is 72.4 Å². The minimum absolute atomic E-state index is 0.0144. The van der Waals surface area contributed by atoms with E-state index in [1.807, 2.05) is 13.8 Å². The normalized spacial score (nSPS) is 20.4. The molecule has 1 heterocycles. The zero-order valence-corrected chi connectivity index (χ0v) is 24.6. The summed E-state index contributed by atoms with van der Waals surface area (Å²) in [7, 11) is 0. The van der Waals surface area contributed by atoms with E-state index in [1.54, 1.807) is 41.1 Å². The highest BCUT2D eigenvalue weighted by molar-refractivity contribution is 6.41. The monoisotopic (exact) mass is 612 g/mol. The highest BCUT2D eigenvalue weighted by atomic mass is 35.5. The maximum atomic E-state index is 11.6. The third-order valence-corrected chi connectivity index (χ3v) is 8.53. The van der Waals surface area contributed by atoms with Gasteiger partial charge in [0, 0.05) is 34.2 Å². The molecule has 0 spiro atoms. The number of carboxylic acid groups (broad SMARTS) is 1. The third kappa shape index (κ3) is 5.42. The molecule has 2 saturated carbocycles. The minimum atomic E-state index is -1.13. The van der Waals surface area contributed by atoms with E-state index in [2.05, 4.69) is 11.2 Å². The molecular formula is C30H27Cl3N4O4. The molecule has 5 rings (SSSR count). The molecular weight excluding hydrogens is 587 g/mol. The molecule has 0 radical (unpaired) electrons. The molecule has 41 heavy (non-hydrogen) atoms. The van der Waals surface area contributed by atoms with Gasteiger partial charge in [0.2, 0.25) is 0 Å². The lowest BCUT2D eigenvalue weighted by molar-refractivity contribution is 0.0689. The standard InChI is InChI=1S/C30H27Cl3N4O4/c1-15(2)37-25(11-24(36-37)29(39)40)20-12-30(20,14-34)19-9-8-17(10-23(19)33)41-13-18(28(38)16-6-7-16)27(35)26-21(31)4-3-5-22(26)32/h3-5,8-11,15-16,20,35,38H,6-7,12-13H2,1-2H3,(H,39,40)/b28-18-,35-27?. The van der Waals surface area contributed by atoms with Crippen molar-refractivity contribution in [3.8, 4) is 11.8 Å². The van der Waals surface area contributed by atoms with Gasteiger partial charge in [-0.05, 0) is 69.0 Å². The summed E-state index contributed by atoms with van der Waals surface area (Å²) in [5.74, 6) is -0.960. The number of halogens is 3. The number of nitrogens with one attached hydrogen (secondary N) is 1. The molecule has 2 atom stereocenters. The van der Waals surface area contributed by atoms with Crippen LogP contribution in [-0.2, 0) is 5.41 Å². The number of aliphatic hydroxyl groups is 1. The zero-order valence-electron chi connectivity index (χ0n) is 22.3. The predicted molar refractivity (Wildman–Crippen MR) is 157 cm³/mol. The quantitative estimate of drug-likeness (QED) is 0.158. The highest BCUT2D eigenvalue weighted by Gasteiger charge is 2.59. The number of aromatic nitrogens is 2. The average Bonchev–Trinajstić information content (AvgIpc) is 3.85. The lowest BCUT2D eigenvalue weighted by Crippen LogP contribution is -2.16. The fourth-order valence-electron chi connectivity index (χ4n) is 5.16. The zero-order chi connectivity index (χ0) is 29.6. The minimum Gasteiger partial charge on any atom is -0.512 e. The Morgan fingerprint density at radius 2 is 1.85 bits per heavy atom. The molecule has 0 saturated heterocycles. The third-order valence-electron chi connectivity index (χ3n) is 7.58. The Morgan fingerprint density at radius 3 is 2.41 bits per heavy atom. The van der Waals surface area contributed by atoms with Crippen molar-refractivity contribution >= 4 is 46.5 Å². The summed E-state index contributed by atoms with van der Waals surface area (Å²) in [5.41, 5.74) is 0.879. The molecule has 1 aromatic heterocycles. The summed E-state index contributed by atoms with van der Waals surface area (Å²) in [6.07, 6.45) is 2.11. The topological polar surface area (TPSA) is 132 Å². The van der Waals surface area contributed by atoms with E-state index < -0.39 is 11.4 Å². The molecule has 0 amide bonds. The first-order chi connectivity index (χ1) is 19.5. The number of aliphatic hydroxyl groups excluding tert-OH is 1. The van der Waals surface area contributed by atoms with Crippen molar-refractivity contribution in [1.82, 2.24) is 9.78 Å². The summed E-state index contributed by atoms with van der Waals surface area (Å²) in [5, 5.41) is 44.5. The summed E-state index contributed by atoms with van der Waals surface area (Å²) < 4.78 is 7.64. The van der Waals surface area contributed by atoms with Crippen LogP contribution in [0, 0.1) is 22.7 Å². The second kappa shape index (κ2) is 11.1. The van der Waals surface area contributed by atoms with Crippen LogP contribution >= 0.6 is 34.8 Å². The molecule has 3 aromatic rings. The number of nitrogens with zero attached hydrogens (tertiary/aromatic N) is 3. The molecule has 2 unspecified atom stereocenters. The van der Waals surface area contributed by atoms with Crippen molar-refractivity contribution in [2.75, 3.05) is 6.61 Å². The average molecular weight is 614 g/mol. The Bertz CT molecular complexity index is 1620. The lowest BCUT2D eigenvalue weighted by atomic mass is 9.93. The Kier molecular flexibility index (Phi) is 7.82. The van der Waals surface area contributed by atoms with E-state index in [1.165, 1.54) is 6.07 Å². The van der Waals surface area contributed by atoms with Gasteiger partial charge < -0.3 is 14.9 Å². The molecule has 3 N–H and O–H groups in total. The van der Waals surface area contributed by atoms with Crippen LogP contribution in [0.4, 0.5) is 0 Å². The number of hydrogen-bond donors (Lipinski definition) is 3. The molecule has 11 heteroatoms. The van der Waals surface area contributed by atoms with Gasteiger partial charge >= 0.3 is 5.97 Å². The molecule has 212 valence electrons. The van der Waals surface area contributed by atoms with Gasteiger partial charge in [-0.1, -0.05) is 46.9 Å². The lowest BCUT2D eigenvalue weighted by Gasteiger charge is -2.17. The van der Waals surface area contributed by atoms with Crippen LogP contribution in [0.25, 0.3) is 0 Å². The van der Waals surface area contributed by atoms with Gasteiger partial charge in [0.05, 0.1) is 32.8 Å². The summed E-state index contributed by atoms with van der Waals surface area (Å²) in [4.78, 5) is 11.6. The number of benzene rings is 2. The summed E-state index contributed by atoms with van der Waals surface area (Å²) in [6, 6.07) is 13.8. The molecule has 2 aliphatic carbocycles. The number of hydrogen-bond acceptors (Lipinski definition) is 6. The van der Waals surface area contributed by atoms with Crippen molar-refractivity contribution in [3.63, 3.8) is 0 Å². The van der Waals surface area contributed by atoms with Crippen molar-refractivity contribution < 1.29 is 19.7 Å². The molecule has 2 aromatic carbocycles. The Morgan fingerprint density at radius 1 is 1.17 bits per heavy atom. The molecule has 2 fully saturated rings. The molecule has 0 bridgehead atoms. The highest BCUT2D eigenvalue weighted by Crippen LogP contribution is 2.62. The van der Waals surface area contributed by atoms with Gasteiger partial charge in [-0.25, -0.2) is 4.79 Å². The molecule has 8 nitrogen and oxygen atoms in total. The largest absolute Gasteiger partial charge is 0.512 e. The van der Waals surface area contributed by atoms with Crippen LogP contribution in [0.15, 0.2) is 53.8 Å². The first kappa shape index (κ1) is 29.0. The van der Waals surface area contributed by atoms with Gasteiger partial charge in [0.15, 0.2) is 5.69 Å². The van der Waals surface area contributed by atoms with Gasteiger partial charge in [-0.15, -0.1) is 0 Å². The van der Waals surface area contributed by atoms with Crippen molar-refractivity contribution in [1.29, 1.82) is 10.7 Å². The predicted octanol–water partition coefficient (Wildman–Crippen LogP) is 7.74. The van der Waals surface area contributed by atoms with Crippen molar-refractivity contribution in [2.24, 2.45) is 5.92 Å². The van der Waals surface area contributed by atoms with Crippen molar-refractivity contribution in [3.05, 3.63) is 91.4 Å². The first-order valence-electron chi connectivity index (χ1n) is 13.1. The fraction of sp³-hybridized carbons (Fsp3) is 0.333. The van der Waals surface area contributed by atoms with E-state index in [4.69, 9.17) is 44.9 Å². The summed E-state index contributed by atoms with van der Waals surface area (Å²) >= 11 is 19.4. The van der Waals surface area contributed by atoms with Crippen LogP contribution in [-0.4, -0.2) is 38.3 Å². The van der Waals surface area contributed by atoms with E-state index >= 15 is 0 Å². The van der Waals surface area contributed by atoms with Crippen LogP contribution in [0.2, 0.25) is 15.1 Å². The first-order valence-corrected chi connectivity index (χ1v) is 14.2. The van der Waals surface area contributed by atoms with E-state index in [-0.39, 0.29) is 47.2 Å². The fourth-order valence-corrected chi connectivity index (χ4v) is 6.08. The smallest absolute Gasteiger partial charge is 0.356 e. The van der Waals surface area contributed by atoms with E-state index in [0.29, 0.717) is 44.1 Å². The number of carbonyl (C=O) groups is 1. The number of allylic oxidation sites excluding steroid dienone is 1. The van der Waals surface area contributed by atoms with Crippen molar-refractivity contribution in [2.45, 2.75) is 50.5 Å². The number of ether oxygens (including phenoxy) is 1. The Hall–Kier alpha value is -3.51. The van der Waals surface area contributed by atoms with Crippen LogP contribution in [0.3, 0.4) is 0 Å². The van der Waals surface area contributed by atoms with Crippen LogP contribution in [0.5, 0.6) is 5.75 Å². The number of aromatic carboxylic acids is 1. The number of nitriles is 1. The van der Waals surface area contributed by atoms with Gasteiger partial charge in [-0.3, -0.25) is 10.1 Å². The second-order valence-electron chi connectivity index (χ2n) is 10.7. The Labute approximate surface area is 252 Å². The van der Waals surface area contributed by atoms with Gasteiger partial charge in [0.1, 0.15) is 18.1 Å². The van der Waals surface area contributed by atoms with Gasteiger partial charge in [-0.2, -0.15) is 10.4 Å². The Balaban J connectivity index is 1.39. The van der Waals surface area contributed by atoms with E-state index in [0.717, 1.165) is 12.8 Å². The summed E-state index contributed by atoms with van der Waals surface area (Å²) in [6.45, 7) is 3.69. The van der Waals surface area contributed by atoms with E-state index in [9.17, 15) is 20.3 Å². The maximum absolute atomic E-state index is 11.6. The molecule has 2 aliphatic rings.